The minimum absolute atomic E-state index is 0.0911. The second-order valence-corrected chi connectivity index (χ2v) is 4.68. The minimum atomic E-state index is 0.0911. The van der Waals surface area contributed by atoms with E-state index in [-0.39, 0.29) is 11.8 Å². The number of ketones is 1. The molecule has 2 aliphatic rings. The van der Waals surface area contributed by atoms with E-state index in [2.05, 4.69) is 29.6 Å². The number of fused-ring (bicyclic) bond motifs is 3. The van der Waals surface area contributed by atoms with Gasteiger partial charge in [0.15, 0.2) is 0 Å². The molecule has 1 fully saturated rings. The first-order valence-corrected chi connectivity index (χ1v) is 5.60. The molecule has 0 aromatic heterocycles. The van der Waals surface area contributed by atoms with Crippen LogP contribution < -0.4 is 5.32 Å². The van der Waals surface area contributed by atoms with E-state index in [4.69, 9.17) is 0 Å². The molecule has 0 spiro atoms. The van der Waals surface area contributed by atoms with Gasteiger partial charge in [-0.25, -0.2) is 0 Å². The van der Waals surface area contributed by atoms with Gasteiger partial charge in [-0.3, -0.25) is 4.79 Å². The van der Waals surface area contributed by atoms with Gasteiger partial charge in [-0.1, -0.05) is 24.3 Å². The zero-order chi connectivity index (χ0) is 10.4. The summed E-state index contributed by atoms with van der Waals surface area (Å²) in [7, 11) is 0. The number of hydrogen-bond acceptors (Lipinski definition) is 2. The first kappa shape index (κ1) is 9.10. The van der Waals surface area contributed by atoms with Crippen molar-refractivity contribution in [3.63, 3.8) is 0 Å². The van der Waals surface area contributed by atoms with Crippen molar-refractivity contribution in [1.29, 1.82) is 0 Å². The van der Waals surface area contributed by atoms with Crippen LogP contribution in [0.2, 0.25) is 0 Å². The Bertz CT molecular complexity index is 413. The van der Waals surface area contributed by atoms with Gasteiger partial charge in [-0.15, -0.1) is 0 Å². The van der Waals surface area contributed by atoms with E-state index in [9.17, 15) is 4.79 Å². The van der Waals surface area contributed by atoms with Crippen molar-refractivity contribution in [2.45, 2.75) is 37.8 Å². The van der Waals surface area contributed by atoms with E-state index in [1.807, 2.05) is 0 Å². The van der Waals surface area contributed by atoms with Crippen molar-refractivity contribution in [3.8, 4) is 0 Å². The SMILES string of the molecule is CC(=O)C1CC2c3ccccc3CC2N1. The molecular formula is C13H15NO. The summed E-state index contributed by atoms with van der Waals surface area (Å²) in [6, 6.07) is 9.21. The van der Waals surface area contributed by atoms with Gasteiger partial charge in [-0.2, -0.15) is 0 Å². The fourth-order valence-electron chi connectivity index (χ4n) is 3.01. The molecule has 1 aliphatic heterocycles. The fourth-order valence-corrected chi connectivity index (χ4v) is 3.01. The molecule has 2 nitrogen and oxygen atoms in total. The predicted molar refractivity (Wildman–Crippen MR) is 58.9 cm³/mol. The molecule has 78 valence electrons. The van der Waals surface area contributed by atoms with E-state index < -0.39 is 0 Å². The van der Waals surface area contributed by atoms with Crippen molar-refractivity contribution in [2.24, 2.45) is 0 Å². The lowest BCUT2D eigenvalue weighted by atomic mass is 9.95. The first-order chi connectivity index (χ1) is 7.25. The second-order valence-electron chi connectivity index (χ2n) is 4.68. The molecule has 1 N–H and O–H groups in total. The maximum atomic E-state index is 11.3. The fraction of sp³-hybridized carbons (Fsp3) is 0.462. The standard InChI is InChI=1S/C13H15NO/c1-8(15)12-7-11-10-5-3-2-4-9(10)6-13(11)14-12/h2-5,11-14H,6-7H2,1H3. The van der Waals surface area contributed by atoms with Crippen molar-refractivity contribution < 1.29 is 4.79 Å². The molecule has 2 heteroatoms. The summed E-state index contributed by atoms with van der Waals surface area (Å²) in [5.74, 6) is 0.844. The Hall–Kier alpha value is -1.15. The Balaban J connectivity index is 1.91. The van der Waals surface area contributed by atoms with Crippen molar-refractivity contribution in [1.82, 2.24) is 5.32 Å². The monoisotopic (exact) mass is 201 g/mol. The maximum Gasteiger partial charge on any atom is 0.146 e. The van der Waals surface area contributed by atoms with Gasteiger partial charge in [0.05, 0.1) is 6.04 Å². The van der Waals surface area contributed by atoms with Crippen molar-refractivity contribution in [2.75, 3.05) is 0 Å². The van der Waals surface area contributed by atoms with Crippen LogP contribution in [0.4, 0.5) is 0 Å². The molecule has 3 atom stereocenters. The molecule has 1 aliphatic carbocycles. The van der Waals surface area contributed by atoms with E-state index in [1.54, 1.807) is 6.92 Å². The lowest BCUT2D eigenvalue weighted by molar-refractivity contribution is -0.118. The average molecular weight is 201 g/mol. The summed E-state index contributed by atoms with van der Waals surface area (Å²) >= 11 is 0. The van der Waals surface area contributed by atoms with Crippen molar-refractivity contribution >= 4 is 5.78 Å². The highest BCUT2D eigenvalue weighted by atomic mass is 16.1. The highest BCUT2D eigenvalue weighted by Gasteiger charge is 2.41. The van der Waals surface area contributed by atoms with E-state index >= 15 is 0 Å². The molecule has 15 heavy (non-hydrogen) atoms. The average Bonchev–Trinajstić information content (AvgIpc) is 2.73. The lowest BCUT2D eigenvalue weighted by Gasteiger charge is -2.09. The summed E-state index contributed by atoms with van der Waals surface area (Å²) < 4.78 is 0. The van der Waals surface area contributed by atoms with Crippen LogP contribution in [0, 0.1) is 0 Å². The molecule has 1 heterocycles. The van der Waals surface area contributed by atoms with Gasteiger partial charge in [0.1, 0.15) is 5.78 Å². The molecule has 1 aromatic rings. The van der Waals surface area contributed by atoms with Crippen LogP contribution >= 0.6 is 0 Å². The van der Waals surface area contributed by atoms with E-state index in [0.29, 0.717) is 12.0 Å². The van der Waals surface area contributed by atoms with Crippen LogP contribution in [-0.4, -0.2) is 17.9 Å². The van der Waals surface area contributed by atoms with E-state index in [0.717, 1.165) is 12.8 Å². The second kappa shape index (κ2) is 3.17. The van der Waals surface area contributed by atoms with Gasteiger partial charge < -0.3 is 5.32 Å². The van der Waals surface area contributed by atoms with Gasteiger partial charge in [-0.05, 0) is 30.9 Å². The number of benzene rings is 1. The first-order valence-electron chi connectivity index (χ1n) is 5.60. The van der Waals surface area contributed by atoms with Crippen LogP contribution in [0.15, 0.2) is 24.3 Å². The molecule has 1 aromatic carbocycles. The number of rotatable bonds is 1. The van der Waals surface area contributed by atoms with Gasteiger partial charge in [0, 0.05) is 12.0 Å². The third-order valence-corrected chi connectivity index (χ3v) is 3.78. The third-order valence-electron chi connectivity index (χ3n) is 3.78. The molecule has 0 radical (unpaired) electrons. The Morgan fingerprint density at radius 3 is 3.00 bits per heavy atom. The van der Waals surface area contributed by atoms with E-state index in [1.165, 1.54) is 11.1 Å². The van der Waals surface area contributed by atoms with Crippen LogP contribution in [0.25, 0.3) is 0 Å². The lowest BCUT2D eigenvalue weighted by Crippen LogP contribution is -2.34. The predicted octanol–water partition coefficient (Wildman–Crippen LogP) is 1.65. The quantitative estimate of drug-likeness (QED) is 0.748. The number of Topliss-reactive ketones (excluding diaryl/α,β-unsaturated/α-hetero) is 1. The number of nitrogens with one attached hydrogen (secondary N) is 1. The molecule has 0 amide bonds. The zero-order valence-corrected chi connectivity index (χ0v) is 8.86. The summed E-state index contributed by atoms with van der Waals surface area (Å²) in [5.41, 5.74) is 2.92. The van der Waals surface area contributed by atoms with Crippen LogP contribution in [-0.2, 0) is 11.2 Å². The third kappa shape index (κ3) is 1.32. The topological polar surface area (TPSA) is 29.1 Å². The Labute approximate surface area is 89.7 Å². The Morgan fingerprint density at radius 1 is 1.40 bits per heavy atom. The van der Waals surface area contributed by atoms with Gasteiger partial charge in [0.2, 0.25) is 0 Å². The number of carbonyl (C=O) groups is 1. The summed E-state index contributed by atoms with van der Waals surface area (Å²) in [6.07, 6.45) is 2.07. The normalized spacial score (nSPS) is 32.5. The van der Waals surface area contributed by atoms with Crippen LogP contribution in [0.1, 0.15) is 30.4 Å². The van der Waals surface area contributed by atoms with Gasteiger partial charge in [0.25, 0.3) is 0 Å². The van der Waals surface area contributed by atoms with Crippen LogP contribution in [0.3, 0.4) is 0 Å². The zero-order valence-electron chi connectivity index (χ0n) is 8.86. The molecule has 0 saturated carbocycles. The van der Waals surface area contributed by atoms with Crippen molar-refractivity contribution in [3.05, 3.63) is 35.4 Å². The Morgan fingerprint density at radius 2 is 2.20 bits per heavy atom. The molecule has 3 unspecified atom stereocenters. The summed E-state index contributed by atoms with van der Waals surface area (Å²) in [6.45, 7) is 1.69. The molecule has 0 bridgehead atoms. The molecular weight excluding hydrogens is 186 g/mol. The maximum absolute atomic E-state index is 11.3. The largest absolute Gasteiger partial charge is 0.304 e. The minimum Gasteiger partial charge on any atom is -0.304 e. The smallest absolute Gasteiger partial charge is 0.146 e. The Kier molecular flexibility index (Phi) is 1.93. The number of carbonyl (C=O) groups excluding carboxylic acids is 1. The molecule has 3 rings (SSSR count). The highest BCUT2D eigenvalue weighted by molar-refractivity contribution is 5.82. The van der Waals surface area contributed by atoms with Crippen LogP contribution in [0.5, 0.6) is 0 Å². The number of hydrogen-bond donors (Lipinski definition) is 1. The van der Waals surface area contributed by atoms with Gasteiger partial charge >= 0.3 is 0 Å². The summed E-state index contributed by atoms with van der Waals surface area (Å²) in [4.78, 5) is 11.3. The molecule has 1 saturated heterocycles. The highest BCUT2D eigenvalue weighted by Crippen LogP contribution is 2.40. The summed E-state index contributed by atoms with van der Waals surface area (Å²) in [5, 5.41) is 3.45.